The predicted octanol–water partition coefficient (Wildman–Crippen LogP) is 3.08. The Morgan fingerprint density at radius 3 is 2.67 bits per heavy atom. The summed E-state index contributed by atoms with van der Waals surface area (Å²) in [7, 11) is 3.76. The van der Waals surface area contributed by atoms with Crippen molar-refractivity contribution >= 4 is 11.4 Å². The van der Waals surface area contributed by atoms with Gasteiger partial charge in [0.05, 0.1) is 18.5 Å². The second-order valence-electron chi connectivity index (χ2n) is 5.85. The van der Waals surface area contributed by atoms with Crippen LogP contribution in [-0.4, -0.2) is 33.9 Å². The summed E-state index contributed by atoms with van der Waals surface area (Å²) < 4.78 is 7.33. The van der Waals surface area contributed by atoms with Crippen LogP contribution >= 0.6 is 0 Å². The summed E-state index contributed by atoms with van der Waals surface area (Å²) >= 11 is 0. The van der Waals surface area contributed by atoms with E-state index in [0.717, 1.165) is 29.5 Å². The molecule has 0 N–H and O–H groups in total. The minimum absolute atomic E-state index is 0.731. The van der Waals surface area contributed by atoms with Gasteiger partial charge >= 0.3 is 0 Å². The molecule has 2 aromatic carbocycles. The fraction of sp³-hybridized carbons (Fsp3) is 0.222. The highest BCUT2D eigenvalue weighted by atomic mass is 16.5. The molecule has 6 nitrogen and oxygen atoms in total. The number of hydrogen-bond donors (Lipinski definition) is 0. The van der Waals surface area contributed by atoms with E-state index in [4.69, 9.17) is 4.74 Å². The zero-order valence-electron chi connectivity index (χ0n) is 14.0. The molecule has 0 saturated heterocycles. The Labute approximate surface area is 140 Å². The fourth-order valence-corrected chi connectivity index (χ4v) is 3.14. The first kappa shape index (κ1) is 14.7. The Hall–Kier alpha value is -2.86. The van der Waals surface area contributed by atoms with E-state index in [2.05, 4.69) is 57.5 Å². The van der Waals surface area contributed by atoms with Crippen LogP contribution in [0.1, 0.15) is 11.4 Å². The summed E-state index contributed by atoms with van der Waals surface area (Å²) in [5.41, 5.74) is 4.44. The van der Waals surface area contributed by atoms with Crippen LogP contribution in [0.15, 0.2) is 48.8 Å². The van der Waals surface area contributed by atoms with E-state index in [1.807, 2.05) is 19.1 Å². The number of aryl methyl sites for hydroxylation is 1. The van der Waals surface area contributed by atoms with Gasteiger partial charge in [-0.25, -0.2) is 14.7 Å². The quantitative estimate of drug-likeness (QED) is 0.742. The molecule has 3 aromatic rings. The summed E-state index contributed by atoms with van der Waals surface area (Å²) in [5.74, 6) is 1.49. The third kappa shape index (κ3) is 2.32. The van der Waals surface area contributed by atoms with Crippen molar-refractivity contribution in [3.63, 3.8) is 0 Å². The fourth-order valence-electron chi connectivity index (χ4n) is 3.14. The molecule has 0 amide bonds. The van der Waals surface area contributed by atoms with Crippen molar-refractivity contribution in [2.24, 2.45) is 0 Å². The summed E-state index contributed by atoms with van der Waals surface area (Å²) in [6, 6.07) is 14.6. The van der Waals surface area contributed by atoms with Gasteiger partial charge in [0.1, 0.15) is 23.6 Å². The van der Waals surface area contributed by atoms with Crippen LogP contribution in [-0.2, 0) is 6.54 Å². The first-order chi connectivity index (χ1) is 11.7. The van der Waals surface area contributed by atoms with E-state index in [1.165, 1.54) is 11.3 Å². The summed E-state index contributed by atoms with van der Waals surface area (Å²) in [6.07, 6.45) is 1.70. The molecule has 0 fully saturated rings. The molecule has 1 aliphatic rings. The highest BCUT2D eigenvalue weighted by molar-refractivity contribution is 5.70. The zero-order chi connectivity index (χ0) is 16.7. The Bertz CT molecular complexity index is 889. The van der Waals surface area contributed by atoms with E-state index >= 15 is 0 Å². The molecule has 1 aromatic heterocycles. The van der Waals surface area contributed by atoms with E-state index in [9.17, 15) is 0 Å². The molecule has 0 spiro atoms. The molecular formula is C18H19N5O. The smallest absolute Gasteiger partial charge is 0.147 e. The lowest BCUT2D eigenvalue weighted by molar-refractivity contribution is 0.360. The van der Waals surface area contributed by atoms with Gasteiger partial charge in [-0.15, -0.1) is 0 Å². The number of benzene rings is 2. The van der Waals surface area contributed by atoms with Gasteiger partial charge < -0.3 is 4.74 Å². The van der Waals surface area contributed by atoms with E-state index < -0.39 is 0 Å². The Kier molecular flexibility index (Phi) is 3.46. The average molecular weight is 321 g/mol. The van der Waals surface area contributed by atoms with Crippen molar-refractivity contribution in [2.75, 3.05) is 19.2 Å². The highest BCUT2D eigenvalue weighted by Crippen LogP contribution is 2.38. The van der Waals surface area contributed by atoms with E-state index in [1.54, 1.807) is 18.1 Å². The minimum Gasteiger partial charge on any atom is -0.494 e. The maximum absolute atomic E-state index is 5.60. The van der Waals surface area contributed by atoms with Gasteiger partial charge in [0, 0.05) is 19.7 Å². The SMILES string of the molecule is COc1cc(N2c3ccccc3CN2C)ccc1-n1cnc(C)n1. The second-order valence-corrected chi connectivity index (χ2v) is 5.85. The van der Waals surface area contributed by atoms with Crippen LogP contribution in [0.3, 0.4) is 0 Å². The van der Waals surface area contributed by atoms with Crippen LogP contribution in [0, 0.1) is 6.92 Å². The number of hydrogen-bond acceptors (Lipinski definition) is 5. The number of nitrogens with zero attached hydrogens (tertiary/aromatic N) is 5. The number of ether oxygens (including phenoxy) is 1. The minimum atomic E-state index is 0.731. The van der Waals surface area contributed by atoms with Crippen molar-refractivity contribution in [2.45, 2.75) is 13.5 Å². The molecule has 0 unspecified atom stereocenters. The molecule has 122 valence electrons. The largest absolute Gasteiger partial charge is 0.494 e. The number of fused-ring (bicyclic) bond motifs is 1. The maximum atomic E-state index is 5.60. The van der Waals surface area contributed by atoms with Crippen LogP contribution in [0.2, 0.25) is 0 Å². The lowest BCUT2D eigenvalue weighted by atomic mass is 10.2. The normalized spacial score (nSPS) is 14.0. The highest BCUT2D eigenvalue weighted by Gasteiger charge is 2.26. The van der Waals surface area contributed by atoms with Crippen LogP contribution < -0.4 is 9.75 Å². The summed E-state index contributed by atoms with van der Waals surface area (Å²) in [6.45, 7) is 2.76. The molecule has 1 aliphatic heterocycles. The molecule has 24 heavy (non-hydrogen) atoms. The predicted molar refractivity (Wildman–Crippen MR) is 92.7 cm³/mol. The molecule has 2 heterocycles. The first-order valence-electron chi connectivity index (χ1n) is 7.83. The van der Waals surface area contributed by atoms with Gasteiger partial charge in [-0.3, -0.25) is 5.01 Å². The number of aromatic nitrogens is 3. The van der Waals surface area contributed by atoms with Crippen molar-refractivity contribution in [3.05, 3.63) is 60.2 Å². The molecule has 0 bridgehead atoms. The molecule has 6 heteroatoms. The number of para-hydroxylation sites is 1. The summed E-state index contributed by atoms with van der Waals surface area (Å²) in [5, 5.41) is 8.76. The Balaban J connectivity index is 1.78. The third-order valence-corrected chi connectivity index (χ3v) is 4.22. The second kappa shape index (κ2) is 5.65. The van der Waals surface area contributed by atoms with Crippen LogP contribution in [0.5, 0.6) is 5.75 Å². The number of hydrazine groups is 1. The average Bonchev–Trinajstić information content (AvgIpc) is 3.16. The van der Waals surface area contributed by atoms with E-state index in [-0.39, 0.29) is 0 Å². The van der Waals surface area contributed by atoms with Crippen molar-refractivity contribution in [1.82, 2.24) is 19.8 Å². The van der Waals surface area contributed by atoms with Gasteiger partial charge in [-0.1, -0.05) is 18.2 Å². The van der Waals surface area contributed by atoms with Gasteiger partial charge in [-0.2, -0.15) is 5.10 Å². The van der Waals surface area contributed by atoms with Crippen molar-refractivity contribution < 1.29 is 4.74 Å². The number of anilines is 2. The van der Waals surface area contributed by atoms with Crippen LogP contribution in [0.25, 0.3) is 5.69 Å². The van der Waals surface area contributed by atoms with Gasteiger partial charge in [0.2, 0.25) is 0 Å². The lowest BCUT2D eigenvalue weighted by Gasteiger charge is -2.27. The van der Waals surface area contributed by atoms with Crippen molar-refractivity contribution in [1.29, 1.82) is 0 Å². The molecule has 4 rings (SSSR count). The number of methoxy groups -OCH3 is 1. The molecule has 0 aliphatic carbocycles. The molecule has 0 radical (unpaired) electrons. The molecular weight excluding hydrogens is 302 g/mol. The monoisotopic (exact) mass is 321 g/mol. The van der Waals surface area contributed by atoms with Gasteiger partial charge in [0.15, 0.2) is 0 Å². The van der Waals surface area contributed by atoms with Crippen molar-refractivity contribution in [3.8, 4) is 11.4 Å². The van der Waals surface area contributed by atoms with E-state index in [0.29, 0.717) is 0 Å². The molecule has 0 saturated carbocycles. The summed E-state index contributed by atoms with van der Waals surface area (Å²) in [4.78, 5) is 4.19. The standard InChI is InChI=1S/C18H19N5O/c1-13-19-12-22(20-13)17-9-8-15(10-18(17)24-3)23-16-7-5-4-6-14(16)11-21(23)2/h4-10,12H,11H2,1-3H3. The first-order valence-corrected chi connectivity index (χ1v) is 7.83. The maximum Gasteiger partial charge on any atom is 0.147 e. The number of rotatable bonds is 3. The lowest BCUT2D eigenvalue weighted by Crippen LogP contribution is -2.29. The topological polar surface area (TPSA) is 46.4 Å². The van der Waals surface area contributed by atoms with Gasteiger partial charge in [0.25, 0.3) is 0 Å². The Morgan fingerprint density at radius 1 is 1.08 bits per heavy atom. The third-order valence-electron chi connectivity index (χ3n) is 4.22. The molecule has 0 atom stereocenters. The Morgan fingerprint density at radius 2 is 1.92 bits per heavy atom. The van der Waals surface area contributed by atoms with Gasteiger partial charge in [-0.05, 0) is 30.7 Å². The zero-order valence-corrected chi connectivity index (χ0v) is 14.0. The van der Waals surface area contributed by atoms with Crippen LogP contribution in [0.4, 0.5) is 11.4 Å².